The summed E-state index contributed by atoms with van der Waals surface area (Å²) in [5.74, 6) is -0.183. The minimum absolute atomic E-state index is 0.105. The third-order valence-electron chi connectivity index (χ3n) is 8.54. The molecule has 0 spiro atoms. The van der Waals surface area contributed by atoms with Crippen molar-refractivity contribution in [2.75, 3.05) is 34.5 Å². The van der Waals surface area contributed by atoms with Gasteiger partial charge in [0.2, 0.25) is 5.91 Å². The lowest BCUT2D eigenvalue weighted by atomic mass is 9.85. The Bertz CT molecular complexity index is 1380. The first kappa shape index (κ1) is 31.3. The molecule has 2 aromatic carbocycles. The molecule has 2 heterocycles. The number of carbonyl (C=O) groups is 3. The average molecular weight is 581 g/mol. The molecule has 2 aliphatic rings. The molecule has 5 bridgehead atoms. The Morgan fingerprint density at radius 3 is 2.45 bits per heavy atom. The lowest BCUT2D eigenvalue weighted by Crippen LogP contribution is -2.57. The third-order valence-corrected chi connectivity index (χ3v) is 8.54. The van der Waals surface area contributed by atoms with Crippen molar-refractivity contribution in [3.8, 4) is 5.75 Å². The summed E-state index contributed by atoms with van der Waals surface area (Å²) in [5, 5.41) is 4.76. The molecule has 9 nitrogen and oxygen atoms in total. The Morgan fingerprint density at radius 2 is 1.81 bits per heavy atom. The first-order valence-corrected chi connectivity index (χ1v) is 14.4. The molecule has 0 aliphatic carbocycles. The Kier molecular flexibility index (Phi) is 8.92. The molecular weight excluding hydrogens is 536 g/mol. The summed E-state index contributed by atoms with van der Waals surface area (Å²) in [6.45, 7) is 10.1. The number of nitrogens with zero attached hydrogens (tertiary/aromatic N) is 1. The fourth-order valence-corrected chi connectivity index (χ4v) is 5.81. The molecule has 1 saturated heterocycles. The van der Waals surface area contributed by atoms with Crippen LogP contribution in [0.1, 0.15) is 65.0 Å². The molecule has 1 N–H and O–H groups in total. The number of hydrogen-bond donors (Lipinski definition) is 1. The van der Waals surface area contributed by atoms with Crippen LogP contribution in [0.5, 0.6) is 5.75 Å². The van der Waals surface area contributed by atoms with Crippen molar-refractivity contribution in [3.63, 3.8) is 0 Å². The first-order valence-electron chi connectivity index (χ1n) is 14.4. The molecule has 0 aromatic heterocycles. The van der Waals surface area contributed by atoms with Gasteiger partial charge in [0, 0.05) is 19.1 Å². The molecule has 42 heavy (non-hydrogen) atoms. The van der Waals surface area contributed by atoms with E-state index in [0.29, 0.717) is 6.42 Å². The van der Waals surface area contributed by atoms with Gasteiger partial charge in [-0.15, -0.1) is 0 Å². The quantitative estimate of drug-likeness (QED) is 0.483. The minimum atomic E-state index is -0.978. The van der Waals surface area contributed by atoms with E-state index in [4.69, 9.17) is 18.9 Å². The van der Waals surface area contributed by atoms with Gasteiger partial charge in [0.1, 0.15) is 23.4 Å². The first-order chi connectivity index (χ1) is 19.7. The summed E-state index contributed by atoms with van der Waals surface area (Å²) in [6, 6.07) is 8.25. The number of rotatable bonds is 3. The highest BCUT2D eigenvalue weighted by molar-refractivity contribution is 5.92. The number of carbonyl (C=O) groups excluding carboxylic acids is 3. The second kappa shape index (κ2) is 12.0. The summed E-state index contributed by atoms with van der Waals surface area (Å²) in [5.41, 5.74) is -0.0213. The van der Waals surface area contributed by atoms with E-state index in [9.17, 15) is 14.4 Å². The van der Waals surface area contributed by atoms with Crippen LogP contribution in [0.15, 0.2) is 36.4 Å². The molecule has 4 rings (SSSR count). The van der Waals surface area contributed by atoms with Crippen LogP contribution < -0.4 is 10.1 Å². The Hall–Kier alpha value is -3.59. The second-order valence-electron chi connectivity index (χ2n) is 13.2. The highest BCUT2D eigenvalue weighted by atomic mass is 16.5. The minimum Gasteiger partial charge on any atom is -0.496 e. The molecule has 2 amide bonds. The predicted molar refractivity (Wildman–Crippen MR) is 161 cm³/mol. The number of fused-ring (bicyclic) bond motifs is 5. The van der Waals surface area contributed by atoms with Gasteiger partial charge >= 0.3 is 12.1 Å². The zero-order chi connectivity index (χ0) is 30.9. The smallest absolute Gasteiger partial charge is 0.407 e. The topological polar surface area (TPSA) is 103 Å². The zero-order valence-corrected chi connectivity index (χ0v) is 26.0. The fourth-order valence-electron chi connectivity index (χ4n) is 5.81. The third kappa shape index (κ3) is 6.41. The van der Waals surface area contributed by atoms with Crippen LogP contribution in [-0.2, 0) is 29.4 Å². The van der Waals surface area contributed by atoms with Crippen molar-refractivity contribution in [1.29, 1.82) is 0 Å². The maximum Gasteiger partial charge on any atom is 0.407 e. The van der Waals surface area contributed by atoms with E-state index >= 15 is 0 Å². The van der Waals surface area contributed by atoms with Crippen LogP contribution in [0.25, 0.3) is 16.8 Å². The van der Waals surface area contributed by atoms with Crippen molar-refractivity contribution in [2.24, 2.45) is 10.8 Å². The van der Waals surface area contributed by atoms with E-state index in [1.807, 2.05) is 45.0 Å². The average Bonchev–Trinajstić information content (AvgIpc) is 3.34. The van der Waals surface area contributed by atoms with E-state index in [2.05, 4.69) is 37.4 Å². The Labute approximate surface area is 248 Å². The molecule has 9 heteroatoms. The summed E-state index contributed by atoms with van der Waals surface area (Å²) >= 11 is 0. The van der Waals surface area contributed by atoms with Crippen LogP contribution >= 0.6 is 0 Å². The molecule has 1 fully saturated rings. The lowest BCUT2D eigenvalue weighted by molar-refractivity contribution is -0.152. The maximum atomic E-state index is 14.2. The number of hydrogen-bond acceptors (Lipinski definition) is 7. The predicted octanol–water partition coefficient (Wildman–Crippen LogP) is 5.44. The molecule has 2 aliphatic heterocycles. The number of methoxy groups -OCH3 is 3. The van der Waals surface area contributed by atoms with Crippen molar-refractivity contribution >= 4 is 34.8 Å². The number of benzene rings is 2. The normalized spacial score (nSPS) is 25.0. The number of amides is 2. The number of ether oxygens (including phenoxy) is 4. The van der Waals surface area contributed by atoms with Gasteiger partial charge in [-0.05, 0) is 58.2 Å². The standard InChI is InChI=1S/C33H44N2O7/c1-31(2,3)27-28(36)35-20-33(41-8,19-25(35)29(37)40-7)24-12-11-21-18-26(39-6)22(16-23(21)17-24)10-9-13-32(4,5)14-15-42-30(38)34-27/h9-12,16-18,25,27H,13-15,19-20H2,1-8H3,(H,34,38)/t25-,27+,33-/m0/s1. The molecule has 2 aromatic rings. The summed E-state index contributed by atoms with van der Waals surface area (Å²) in [7, 11) is 4.55. The van der Waals surface area contributed by atoms with Crippen LogP contribution in [0.4, 0.5) is 4.79 Å². The second-order valence-corrected chi connectivity index (χ2v) is 13.2. The van der Waals surface area contributed by atoms with E-state index in [0.717, 1.165) is 34.1 Å². The van der Waals surface area contributed by atoms with Crippen molar-refractivity contribution in [1.82, 2.24) is 10.2 Å². The number of nitrogens with one attached hydrogen (secondary N) is 1. The van der Waals surface area contributed by atoms with E-state index < -0.39 is 41.1 Å². The molecule has 3 atom stereocenters. The van der Waals surface area contributed by atoms with Gasteiger partial charge in [-0.1, -0.05) is 58.9 Å². The van der Waals surface area contributed by atoms with Crippen molar-refractivity contribution in [3.05, 3.63) is 47.5 Å². The van der Waals surface area contributed by atoms with Crippen molar-refractivity contribution < 1.29 is 33.3 Å². The number of alkyl carbamates (subject to hydrolysis) is 1. The maximum absolute atomic E-state index is 14.2. The number of esters is 1. The summed E-state index contributed by atoms with van der Waals surface area (Å²) in [4.78, 5) is 41.7. The molecule has 228 valence electrons. The van der Waals surface area contributed by atoms with Crippen molar-refractivity contribution in [2.45, 2.75) is 71.6 Å². The Morgan fingerprint density at radius 1 is 1.07 bits per heavy atom. The number of allylic oxidation sites excluding steroid dienone is 1. The Balaban J connectivity index is 1.87. The molecular formula is C33H44N2O7. The van der Waals surface area contributed by atoms with Gasteiger partial charge in [0.05, 0.1) is 27.4 Å². The highest BCUT2D eigenvalue weighted by Crippen LogP contribution is 2.42. The van der Waals surface area contributed by atoms with Gasteiger partial charge in [0.15, 0.2) is 0 Å². The van der Waals surface area contributed by atoms with Crippen LogP contribution in [0, 0.1) is 10.8 Å². The highest BCUT2D eigenvalue weighted by Gasteiger charge is 2.53. The van der Waals surface area contributed by atoms with E-state index in [-0.39, 0.29) is 25.0 Å². The molecule has 0 saturated carbocycles. The van der Waals surface area contributed by atoms with Crippen LogP contribution in [-0.4, -0.2) is 69.4 Å². The van der Waals surface area contributed by atoms with Crippen LogP contribution in [0.3, 0.4) is 0 Å². The van der Waals surface area contributed by atoms with Gasteiger partial charge in [-0.25, -0.2) is 9.59 Å². The molecule has 0 radical (unpaired) electrons. The zero-order valence-electron chi connectivity index (χ0n) is 26.0. The monoisotopic (exact) mass is 580 g/mol. The van der Waals surface area contributed by atoms with Gasteiger partial charge in [-0.2, -0.15) is 0 Å². The largest absolute Gasteiger partial charge is 0.496 e. The van der Waals surface area contributed by atoms with E-state index in [1.165, 1.54) is 12.0 Å². The van der Waals surface area contributed by atoms with Gasteiger partial charge in [-0.3, -0.25) is 4.79 Å². The van der Waals surface area contributed by atoms with Gasteiger partial charge < -0.3 is 29.2 Å². The van der Waals surface area contributed by atoms with Gasteiger partial charge in [0.25, 0.3) is 0 Å². The van der Waals surface area contributed by atoms with Crippen LogP contribution in [0.2, 0.25) is 0 Å². The SMILES string of the molecule is COC(=O)[C@@H]1C[C@]2(OC)CN1C(=O)[C@H](C(C)(C)C)NC(=O)OCCC(C)(C)CC=Cc1cc3cc2ccc3cc1OC. The fraction of sp³-hybridized carbons (Fsp3) is 0.545. The summed E-state index contributed by atoms with van der Waals surface area (Å²) in [6.07, 6.45) is 5.08. The number of cyclic esters (lactones) is 1. The lowest BCUT2D eigenvalue weighted by Gasteiger charge is -2.35. The summed E-state index contributed by atoms with van der Waals surface area (Å²) < 4.78 is 22.5. The van der Waals surface area contributed by atoms with E-state index in [1.54, 1.807) is 14.2 Å². The molecule has 0 unspecified atom stereocenters.